The Bertz CT molecular complexity index is 470. The van der Waals surface area contributed by atoms with Gasteiger partial charge in [-0.3, -0.25) is 0 Å². The van der Waals surface area contributed by atoms with Crippen molar-refractivity contribution in [3.05, 3.63) is 11.7 Å². The summed E-state index contributed by atoms with van der Waals surface area (Å²) in [6.45, 7) is 6.77. The second kappa shape index (κ2) is 6.36. The van der Waals surface area contributed by atoms with E-state index in [4.69, 9.17) is 14.5 Å². The van der Waals surface area contributed by atoms with Gasteiger partial charge in [0.05, 0.1) is 12.0 Å². The van der Waals surface area contributed by atoms with Crippen molar-refractivity contribution in [2.24, 2.45) is 11.8 Å². The fourth-order valence-electron chi connectivity index (χ4n) is 2.77. The lowest BCUT2D eigenvalue weighted by Crippen LogP contribution is -2.35. The predicted molar refractivity (Wildman–Crippen MR) is 73.7 cm³/mol. The Morgan fingerprint density at radius 3 is 2.80 bits per heavy atom. The van der Waals surface area contributed by atoms with Gasteiger partial charge < -0.3 is 9.26 Å². The summed E-state index contributed by atoms with van der Waals surface area (Å²) in [6, 6.07) is 2.18. The molecule has 0 amide bonds. The van der Waals surface area contributed by atoms with Crippen molar-refractivity contribution in [2.75, 3.05) is 6.61 Å². The Balaban J connectivity index is 2.16. The van der Waals surface area contributed by atoms with Crippen LogP contribution in [0.5, 0.6) is 0 Å². The van der Waals surface area contributed by atoms with Gasteiger partial charge >= 0.3 is 0 Å². The lowest BCUT2D eigenvalue weighted by molar-refractivity contribution is -0.0847. The summed E-state index contributed by atoms with van der Waals surface area (Å²) in [5, 5.41) is 13.0. The zero-order valence-corrected chi connectivity index (χ0v) is 12.6. The second-order valence-corrected chi connectivity index (χ2v) is 5.86. The van der Waals surface area contributed by atoms with Crippen LogP contribution >= 0.6 is 0 Å². The molecule has 1 aliphatic rings. The molecular weight excluding hydrogens is 254 g/mol. The summed E-state index contributed by atoms with van der Waals surface area (Å²) in [4.78, 5) is 4.48. The van der Waals surface area contributed by atoms with Crippen LogP contribution in [0.2, 0.25) is 0 Å². The third-order valence-electron chi connectivity index (χ3n) is 4.08. The van der Waals surface area contributed by atoms with Gasteiger partial charge in [0.25, 0.3) is 0 Å². The van der Waals surface area contributed by atoms with Crippen LogP contribution in [0.25, 0.3) is 0 Å². The molecule has 0 N–H and O–H groups in total. The standard InChI is InChI=1S/C15H23N3O2/c1-4-19-15(7-5-11(2)6-8-15)14-17-13(20-18-14)9-12(3)10-16/h11-12H,4-9H2,1-3H3. The molecular formula is C15H23N3O2. The largest absolute Gasteiger partial charge is 0.367 e. The first-order valence-corrected chi connectivity index (χ1v) is 7.46. The molecule has 0 spiro atoms. The number of rotatable bonds is 5. The lowest BCUT2D eigenvalue weighted by Gasteiger charge is -2.36. The van der Waals surface area contributed by atoms with Crippen LogP contribution in [0, 0.1) is 23.2 Å². The first kappa shape index (κ1) is 15.0. The maximum Gasteiger partial charge on any atom is 0.228 e. The molecule has 0 bridgehead atoms. The highest BCUT2D eigenvalue weighted by Gasteiger charge is 2.40. The fourth-order valence-corrected chi connectivity index (χ4v) is 2.77. The summed E-state index contributed by atoms with van der Waals surface area (Å²) < 4.78 is 11.3. The molecule has 1 aliphatic carbocycles. The van der Waals surface area contributed by atoms with Gasteiger partial charge in [0.1, 0.15) is 5.60 Å². The normalized spacial score (nSPS) is 28.0. The molecule has 1 aromatic rings. The molecule has 0 saturated heterocycles. The van der Waals surface area contributed by atoms with Gasteiger partial charge in [-0.25, -0.2) is 0 Å². The molecule has 1 fully saturated rings. The highest BCUT2D eigenvalue weighted by atomic mass is 16.5. The van der Waals surface area contributed by atoms with Crippen molar-refractivity contribution in [3.63, 3.8) is 0 Å². The first-order chi connectivity index (χ1) is 9.59. The van der Waals surface area contributed by atoms with Crippen molar-refractivity contribution in [1.82, 2.24) is 10.1 Å². The smallest absolute Gasteiger partial charge is 0.228 e. The predicted octanol–water partition coefficient (Wildman–Crippen LogP) is 3.21. The van der Waals surface area contributed by atoms with Crippen LogP contribution in [0.4, 0.5) is 0 Å². The van der Waals surface area contributed by atoms with Gasteiger partial charge in [0, 0.05) is 13.0 Å². The van der Waals surface area contributed by atoms with Crippen LogP contribution < -0.4 is 0 Å². The van der Waals surface area contributed by atoms with Crippen molar-refractivity contribution >= 4 is 0 Å². The minimum atomic E-state index is -0.390. The zero-order chi connectivity index (χ0) is 14.6. The summed E-state index contributed by atoms with van der Waals surface area (Å²) in [6.07, 6.45) is 4.63. The van der Waals surface area contributed by atoms with Crippen LogP contribution in [0.1, 0.15) is 58.2 Å². The second-order valence-electron chi connectivity index (χ2n) is 5.86. The summed E-state index contributed by atoms with van der Waals surface area (Å²) >= 11 is 0. The van der Waals surface area contributed by atoms with E-state index in [-0.39, 0.29) is 11.5 Å². The number of hydrogen-bond acceptors (Lipinski definition) is 5. The molecule has 2 rings (SSSR count). The van der Waals surface area contributed by atoms with Crippen LogP contribution in [0.3, 0.4) is 0 Å². The minimum Gasteiger partial charge on any atom is -0.367 e. The SMILES string of the molecule is CCOC1(c2noc(CC(C)C#N)n2)CCC(C)CC1. The van der Waals surface area contributed by atoms with Gasteiger partial charge in [-0.2, -0.15) is 10.2 Å². The van der Waals surface area contributed by atoms with E-state index in [1.807, 2.05) is 13.8 Å². The summed E-state index contributed by atoms with van der Waals surface area (Å²) in [5.74, 6) is 1.81. The number of nitriles is 1. The van der Waals surface area contributed by atoms with E-state index in [0.717, 1.165) is 31.6 Å². The third-order valence-corrected chi connectivity index (χ3v) is 4.08. The molecule has 1 aromatic heterocycles. The van der Waals surface area contributed by atoms with Crippen LogP contribution in [0.15, 0.2) is 4.52 Å². The summed E-state index contributed by atoms with van der Waals surface area (Å²) in [5.41, 5.74) is -0.390. The van der Waals surface area contributed by atoms with Crippen LogP contribution in [-0.2, 0) is 16.8 Å². The molecule has 5 heteroatoms. The first-order valence-electron chi connectivity index (χ1n) is 7.46. The van der Waals surface area contributed by atoms with E-state index in [0.29, 0.717) is 24.7 Å². The molecule has 1 unspecified atom stereocenters. The summed E-state index contributed by atoms with van der Waals surface area (Å²) in [7, 11) is 0. The van der Waals surface area contributed by atoms with Gasteiger partial charge in [-0.15, -0.1) is 0 Å². The van der Waals surface area contributed by atoms with Crippen molar-refractivity contribution < 1.29 is 9.26 Å². The van der Waals surface area contributed by atoms with E-state index in [1.54, 1.807) is 0 Å². The topological polar surface area (TPSA) is 71.9 Å². The van der Waals surface area contributed by atoms with E-state index in [9.17, 15) is 0 Å². The third kappa shape index (κ3) is 3.18. The zero-order valence-electron chi connectivity index (χ0n) is 12.6. The molecule has 5 nitrogen and oxygen atoms in total. The Morgan fingerprint density at radius 1 is 1.50 bits per heavy atom. The van der Waals surface area contributed by atoms with Crippen molar-refractivity contribution in [1.29, 1.82) is 5.26 Å². The highest BCUT2D eigenvalue weighted by molar-refractivity contribution is 5.05. The molecule has 0 radical (unpaired) electrons. The Kier molecular flexibility index (Phi) is 4.77. The fraction of sp³-hybridized carbons (Fsp3) is 0.800. The van der Waals surface area contributed by atoms with E-state index in [1.165, 1.54) is 0 Å². The molecule has 1 heterocycles. The van der Waals surface area contributed by atoms with Gasteiger partial charge in [-0.1, -0.05) is 12.1 Å². The number of aromatic nitrogens is 2. The molecule has 1 saturated carbocycles. The average Bonchev–Trinajstić information content (AvgIpc) is 2.91. The monoisotopic (exact) mass is 277 g/mol. The lowest BCUT2D eigenvalue weighted by atomic mass is 9.79. The van der Waals surface area contributed by atoms with Crippen molar-refractivity contribution in [2.45, 2.75) is 58.5 Å². The minimum absolute atomic E-state index is 0.113. The molecule has 110 valence electrons. The maximum atomic E-state index is 8.85. The Labute approximate surface area is 120 Å². The Morgan fingerprint density at radius 2 is 2.20 bits per heavy atom. The van der Waals surface area contributed by atoms with E-state index < -0.39 is 0 Å². The number of nitrogens with zero attached hydrogens (tertiary/aromatic N) is 3. The van der Waals surface area contributed by atoms with Gasteiger partial charge in [0.15, 0.2) is 0 Å². The molecule has 1 atom stereocenters. The molecule has 0 aromatic carbocycles. The number of ether oxygens (including phenoxy) is 1. The quantitative estimate of drug-likeness (QED) is 0.826. The van der Waals surface area contributed by atoms with Crippen molar-refractivity contribution in [3.8, 4) is 6.07 Å². The van der Waals surface area contributed by atoms with E-state index >= 15 is 0 Å². The van der Waals surface area contributed by atoms with E-state index in [2.05, 4.69) is 23.1 Å². The Hall–Kier alpha value is -1.41. The van der Waals surface area contributed by atoms with Gasteiger partial charge in [-0.05, 0) is 45.4 Å². The van der Waals surface area contributed by atoms with Crippen LogP contribution in [-0.4, -0.2) is 16.7 Å². The molecule has 20 heavy (non-hydrogen) atoms. The highest BCUT2D eigenvalue weighted by Crippen LogP contribution is 2.41. The average molecular weight is 277 g/mol. The van der Waals surface area contributed by atoms with Gasteiger partial charge in [0.2, 0.25) is 11.7 Å². The molecule has 0 aliphatic heterocycles. The number of hydrogen-bond donors (Lipinski definition) is 0. The maximum absolute atomic E-state index is 8.85.